The van der Waals surface area contributed by atoms with Gasteiger partial charge in [0.15, 0.2) is 9.84 Å². The quantitative estimate of drug-likeness (QED) is 0.0862. The predicted molar refractivity (Wildman–Crippen MR) is 233 cm³/mol. The first kappa shape index (κ1) is 42.5. The summed E-state index contributed by atoms with van der Waals surface area (Å²) >= 11 is 0. The molecule has 5 aromatic carbocycles. The Labute approximate surface area is 355 Å². The molecule has 0 radical (unpaired) electrons. The Balaban J connectivity index is 1.20. The van der Waals surface area contributed by atoms with E-state index in [1.807, 2.05) is 78.9 Å². The molecule has 1 heterocycles. The van der Waals surface area contributed by atoms with Gasteiger partial charge in [-0.25, -0.2) is 8.42 Å². The number of amides is 4. The third-order valence-electron chi connectivity index (χ3n) is 11.1. The molecule has 2 aliphatic rings. The van der Waals surface area contributed by atoms with Crippen LogP contribution in [0.3, 0.4) is 0 Å². The Kier molecular flexibility index (Phi) is 13.0. The van der Waals surface area contributed by atoms with Crippen LogP contribution in [0.4, 0.5) is 0 Å². The number of fused-ring (bicyclic) bond motifs is 7. The number of benzene rings is 5. The molecule has 1 saturated carbocycles. The molecule has 7 rings (SSSR count). The molecule has 3 atom stereocenters. The number of hydrogen-bond donors (Lipinski definition) is 7. The smallest absolute Gasteiger partial charge is 0.243 e. The van der Waals surface area contributed by atoms with Crippen molar-refractivity contribution in [3.8, 4) is 0 Å². The number of rotatable bonds is 9. The zero-order valence-electron chi connectivity index (χ0n) is 33.6. The van der Waals surface area contributed by atoms with Crippen LogP contribution in [0.15, 0.2) is 127 Å². The van der Waals surface area contributed by atoms with Crippen LogP contribution in [-0.2, 0) is 73.7 Å². The Morgan fingerprint density at radius 1 is 0.738 bits per heavy atom. The molecule has 5 aromatic rings. The molecule has 1 aliphatic heterocycles. The average molecular weight is 840 g/mol. The summed E-state index contributed by atoms with van der Waals surface area (Å²) in [6.45, 7) is 0.544. The zero-order valence-corrected chi connectivity index (χ0v) is 34.4. The first-order chi connectivity index (χ1) is 29.4. The highest BCUT2D eigenvalue weighted by atomic mass is 32.2. The summed E-state index contributed by atoms with van der Waals surface area (Å²) < 4.78 is 27.0. The normalized spacial score (nSPS) is 19.6. The van der Waals surface area contributed by atoms with Crippen molar-refractivity contribution >= 4 is 39.3 Å². The highest BCUT2D eigenvalue weighted by Crippen LogP contribution is 2.52. The average Bonchev–Trinajstić information content (AvgIpc) is 4.00. The third kappa shape index (κ3) is 11.1. The molecule has 13 nitrogen and oxygen atoms in total. The maximum absolute atomic E-state index is 14.7. The second-order valence-corrected chi connectivity index (χ2v) is 17.8. The molecule has 0 unspecified atom stereocenters. The van der Waals surface area contributed by atoms with E-state index >= 15 is 0 Å². The molecular formula is C47H49N7O6S. The summed E-state index contributed by atoms with van der Waals surface area (Å²) in [5.41, 5.74) is 10.7. The molecule has 8 N–H and O–H groups in total. The van der Waals surface area contributed by atoms with E-state index in [-0.39, 0.29) is 68.7 Å². The lowest BCUT2D eigenvalue weighted by Crippen LogP contribution is -2.56. The van der Waals surface area contributed by atoms with Crippen LogP contribution in [0.2, 0.25) is 0 Å². The van der Waals surface area contributed by atoms with E-state index in [2.05, 4.69) is 26.6 Å². The summed E-state index contributed by atoms with van der Waals surface area (Å²) in [7, 11) is -3.74. The number of nitrogens with one attached hydrogen (secondary N) is 6. The van der Waals surface area contributed by atoms with E-state index < -0.39 is 45.0 Å². The maximum Gasteiger partial charge on any atom is 0.243 e. The van der Waals surface area contributed by atoms with E-state index in [4.69, 9.17) is 11.1 Å². The third-order valence-corrected chi connectivity index (χ3v) is 12.5. The van der Waals surface area contributed by atoms with E-state index in [1.165, 1.54) is 0 Å². The summed E-state index contributed by atoms with van der Waals surface area (Å²) in [4.78, 5) is 55.2. The van der Waals surface area contributed by atoms with Crippen molar-refractivity contribution in [3.05, 3.63) is 177 Å². The number of sulfone groups is 1. The number of nitrogen functional groups attached to an aromatic ring is 1. The van der Waals surface area contributed by atoms with Gasteiger partial charge in [0.25, 0.3) is 0 Å². The molecule has 0 aromatic heterocycles. The van der Waals surface area contributed by atoms with E-state index in [0.717, 1.165) is 38.9 Å². The minimum atomic E-state index is -3.74. The highest BCUT2D eigenvalue weighted by molar-refractivity contribution is 7.90. The second-order valence-electron chi connectivity index (χ2n) is 15.7. The molecule has 0 saturated heterocycles. The second kappa shape index (κ2) is 18.7. The fourth-order valence-corrected chi connectivity index (χ4v) is 9.00. The summed E-state index contributed by atoms with van der Waals surface area (Å²) in [6.07, 6.45) is 0.525. The summed E-state index contributed by atoms with van der Waals surface area (Å²) in [5.74, 6) is -2.66. The van der Waals surface area contributed by atoms with Crippen molar-refractivity contribution in [2.24, 2.45) is 5.73 Å². The molecule has 314 valence electrons. The number of amidine groups is 1. The standard InChI is InChI=1S/C47H49N7O6S/c48-44(49)36-18-16-31(17-19-36)26-52-45(57)41-22-33-10-6-11-34(20-33)27-50-42(55)23-37-13-4-5-14-38(37)24-43(56)51-28-35-12-7-15-39(21-35)40-25-47(40,46(58)54-41)53-30-61(59,60)29-32-8-2-1-3-9-32/h1-21,40-41,53H,22-30H2,(H3,48,49)(H,50,55)(H,51,56)(H,52,57)(H,54,58)/t40-,41+,47+/m1/s1. The number of carbonyl (C=O) groups excluding carboxylic acids is 4. The van der Waals surface area contributed by atoms with E-state index in [9.17, 15) is 27.6 Å². The van der Waals surface area contributed by atoms with Gasteiger partial charge in [0, 0.05) is 37.5 Å². The lowest BCUT2D eigenvalue weighted by molar-refractivity contribution is -0.130. The van der Waals surface area contributed by atoms with Gasteiger partial charge in [-0.05, 0) is 50.9 Å². The fourth-order valence-electron chi connectivity index (χ4n) is 7.72. The summed E-state index contributed by atoms with van der Waals surface area (Å²) in [5, 5.41) is 22.7. The Morgan fingerprint density at radius 2 is 1.34 bits per heavy atom. The molecule has 4 amide bonds. The van der Waals surface area contributed by atoms with Crippen LogP contribution < -0.4 is 32.3 Å². The Hall–Kier alpha value is -6.64. The van der Waals surface area contributed by atoms with Crippen LogP contribution in [0, 0.1) is 5.41 Å². The van der Waals surface area contributed by atoms with Crippen LogP contribution in [0.5, 0.6) is 0 Å². The van der Waals surface area contributed by atoms with Crippen LogP contribution in [0.1, 0.15) is 62.4 Å². The minimum Gasteiger partial charge on any atom is -0.384 e. The summed E-state index contributed by atoms with van der Waals surface area (Å²) in [6, 6.07) is 36.8. The van der Waals surface area contributed by atoms with Gasteiger partial charge in [0.05, 0.1) is 18.6 Å². The van der Waals surface area contributed by atoms with Crippen molar-refractivity contribution in [1.82, 2.24) is 26.6 Å². The van der Waals surface area contributed by atoms with E-state index in [0.29, 0.717) is 11.1 Å². The van der Waals surface area contributed by atoms with Crippen molar-refractivity contribution in [1.29, 1.82) is 5.41 Å². The van der Waals surface area contributed by atoms with Crippen molar-refractivity contribution in [2.75, 3.05) is 5.88 Å². The van der Waals surface area contributed by atoms with Crippen molar-refractivity contribution in [2.45, 2.75) is 68.6 Å². The molecule has 61 heavy (non-hydrogen) atoms. The lowest BCUT2D eigenvalue weighted by atomic mass is 9.99. The topological polar surface area (TPSA) is 212 Å². The minimum absolute atomic E-state index is 0.0769. The van der Waals surface area contributed by atoms with Gasteiger partial charge < -0.3 is 27.0 Å². The van der Waals surface area contributed by atoms with Gasteiger partial charge in [0.2, 0.25) is 23.6 Å². The van der Waals surface area contributed by atoms with Gasteiger partial charge in [-0.3, -0.25) is 29.9 Å². The maximum atomic E-state index is 14.7. The molecule has 14 heteroatoms. The Bertz CT molecular complexity index is 2550. The fraction of sp³-hybridized carbons (Fsp3) is 0.255. The number of hydrogen-bond acceptors (Lipinski definition) is 8. The van der Waals surface area contributed by atoms with Crippen molar-refractivity contribution in [3.63, 3.8) is 0 Å². The van der Waals surface area contributed by atoms with Crippen LogP contribution >= 0.6 is 0 Å². The first-order valence-corrected chi connectivity index (χ1v) is 22.0. The predicted octanol–water partition coefficient (Wildman–Crippen LogP) is 3.43. The van der Waals surface area contributed by atoms with E-state index in [1.54, 1.807) is 48.5 Å². The van der Waals surface area contributed by atoms with Gasteiger partial charge in [-0.2, -0.15) is 0 Å². The first-order valence-electron chi connectivity index (χ1n) is 20.1. The SMILES string of the molecule is N=C(N)c1ccc(CNC(=O)[C@@H]2Cc3cccc(c3)CNC(=O)Cc3ccccc3CC(=O)NCc3cccc(c3)[C@H]3C[C@@]3(NCS(=O)(=O)Cc3ccccc3)C(=O)N2)cc1. The highest BCUT2D eigenvalue weighted by Gasteiger charge is 2.61. The number of carbonyl (C=O) groups is 4. The van der Waals surface area contributed by atoms with Gasteiger partial charge >= 0.3 is 0 Å². The van der Waals surface area contributed by atoms with Gasteiger partial charge in [-0.15, -0.1) is 0 Å². The molecular weight excluding hydrogens is 791 g/mol. The van der Waals surface area contributed by atoms with Crippen molar-refractivity contribution < 1.29 is 27.6 Å². The van der Waals surface area contributed by atoms with Crippen LogP contribution in [0.25, 0.3) is 0 Å². The number of nitrogens with two attached hydrogens (primary N) is 1. The van der Waals surface area contributed by atoms with Crippen LogP contribution in [-0.4, -0.2) is 55.3 Å². The molecule has 1 fully saturated rings. The zero-order chi connectivity index (χ0) is 43.0. The monoisotopic (exact) mass is 839 g/mol. The van der Waals surface area contributed by atoms with Gasteiger partial charge in [0.1, 0.15) is 23.3 Å². The largest absolute Gasteiger partial charge is 0.384 e. The lowest BCUT2D eigenvalue weighted by Gasteiger charge is -2.25. The molecule has 4 bridgehead atoms. The Morgan fingerprint density at radius 3 is 2.00 bits per heavy atom. The molecule has 0 spiro atoms. The molecule has 1 aliphatic carbocycles. The van der Waals surface area contributed by atoms with Gasteiger partial charge in [-0.1, -0.05) is 127 Å².